The molecule has 0 spiro atoms. The Kier molecular flexibility index (Phi) is 14.2. The van der Waals surface area contributed by atoms with Crippen LogP contribution in [0.2, 0.25) is 0 Å². The number of methoxy groups -OCH3 is 6. The molecule has 528 valence electrons. The van der Waals surface area contributed by atoms with Gasteiger partial charge in [0.05, 0.1) is 42.7 Å². The minimum absolute atomic E-state index is 0.640. The maximum Gasteiger partial charge on any atom is 0.178 e. The lowest BCUT2D eigenvalue weighted by Crippen LogP contribution is -1.93. The average Bonchev–Trinajstić information content (AvgIpc) is 1.58. The van der Waals surface area contributed by atoms with Crippen LogP contribution in [0.4, 0.5) is 0 Å². The first kappa shape index (κ1) is 63.9. The number of rotatable bonds is 6. The van der Waals surface area contributed by atoms with E-state index in [9.17, 15) is 0 Å². The van der Waals surface area contributed by atoms with Gasteiger partial charge < -0.3 is 41.7 Å². The molecule has 18 aromatic carbocycles. The predicted octanol–water partition coefficient (Wildman–Crippen LogP) is 27.7. The Balaban J connectivity index is 0.755. The predicted molar refractivity (Wildman–Crippen MR) is 455 cm³/mol. The quantitative estimate of drug-likeness (QED) is 0.161. The molecule has 7 aliphatic rings. The Hall–Kier alpha value is -14.3. The van der Waals surface area contributed by atoms with Crippen LogP contribution in [0.5, 0.6) is 34.5 Å². The number of hydrogen-bond donors (Lipinski definition) is 0. The van der Waals surface area contributed by atoms with Crippen molar-refractivity contribution in [2.75, 3.05) is 42.7 Å². The zero-order valence-corrected chi connectivity index (χ0v) is 61.4. The zero-order chi connectivity index (χ0) is 74.0. The third-order valence-electron chi connectivity index (χ3n) is 23.4. The monoisotopic (exact) mass is 1430 g/mol. The molecule has 0 fully saturated rings. The van der Waals surface area contributed by atoms with Crippen LogP contribution >= 0.6 is 0 Å². The summed E-state index contributed by atoms with van der Waals surface area (Å²) in [6, 6.07) is 104. The third kappa shape index (κ3) is 9.11. The molecule has 0 amide bonds. The zero-order valence-electron chi connectivity index (χ0n) is 61.4. The minimum Gasteiger partial charge on any atom is -0.492 e. The normalized spacial score (nSPS) is 12.1. The Morgan fingerprint density at radius 3 is 0.387 bits per heavy atom. The second-order valence-electron chi connectivity index (χ2n) is 28.7. The largest absolute Gasteiger partial charge is 0.492 e. The van der Waals surface area contributed by atoms with Gasteiger partial charge in [0.1, 0.15) is 0 Å². The molecule has 28 rings (SSSR count). The third-order valence-corrected chi connectivity index (χ3v) is 23.4. The van der Waals surface area contributed by atoms with Crippen molar-refractivity contribution in [3.63, 3.8) is 0 Å². The van der Waals surface area contributed by atoms with Crippen LogP contribution in [0.25, 0.3) is 231 Å². The maximum atomic E-state index is 7.29. The average molecular weight is 1440 g/mol. The summed E-state index contributed by atoms with van der Waals surface area (Å²) >= 11 is 0. The summed E-state index contributed by atoms with van der Waals surface area (Å²) in [4.78, 5) is 0. The summed E-state index contributed by atoms with van der Waals surface area (Å²) in [7, 11) is 10.4. The highest BCUT2D eigenvalue weighted by atomic mass is 16.5. The molecule has 3 aromatic heterocycles. The van der Waals surface area contributed by atoms with Gasteiger partial charge in [-0.15, -0.1) is 0 Å². The maximum absolute atomic E-state index is 7.29. The SMILES string of the molecule is COc1c2c3ccccc3c3c1oc1c(OC)c(c4ccccc4c13)-c1ccc(cc1)-c1ccc(cc1)-c1c(OC)c3oc4c(OC)c(c5ccccc5c4c3c3ccccc13)-c1ccc(cc1)-c1ccc(cc1)-c1c(OC)c3oc4c(OC)c(c5ccccc5c4c3c3ccccc13)-c1ccc(cc1)-c1ccc-2cc1. The fourth-order valence-electron chi connectivity index (χ4n) is 18.6. The van der Waals surface area contributed by atoms with Crippen LogP contribution in [0.15, 0.2) is 304 Å². The highest BCUT2D eigenvalue weighted by Gasteiger charge is 2.33. The summed E-state index contributed by atoms with van der Waals surface area (Å²) in [5.74, 6) is 3.84. The molecule has 111 heavy (non-hydrogen) atoms. The molecule has 0 aliphatic carbocycles. The summed E-state index contributed by atoms with van der Waals surface area (Å²) in [6.45, 7) is 0. The molecular weight excluding hydrogens is 1370 g/mol. The molecule has 7 aliphatic heterocycles. The fourth-order valence-corrected chi connectivity index (χ4v) is 18.6. The molecular formula is C102H66O9. The van der Waals surface area contributed by atoms with Crippen LogP contribution in [-0.4, -0.2) is 42.7 Å². The van der Waals surface area contributed by atoms with Crippen molar-refractivity contribution < 1.29 is 41.7 Å². The van der Waals surface area contributed by atoms with Gasteiger partial charge in [0, 0.05) is 65.7 Å². The van der Waals surface area contributed by atoms with E-state index in [4.69, 9.17) is 41.7 Å². The number of fused-ring (bicyclic) bond motifs is 21. The van der Waals surface area contributed by atoms with Gasteiger partial charge in [0.2, 0.25) is 0 Å². The molecule has 0 unspecified atom stereocenters. The lowest BCUT2D eigenvalue weighted by atomic mass is 9.89. The van der Waals surface area contributed by atoms with Crippen LogP contribution in [-0.2, 0) is 0 Å². The topological polar surface area (TPSA) is 94.8 Å². The van der Waals surface area contributed by atoms with E-state index in [2.05, 4.69) is 291 Å². The summed E-state index contributed by atoms with van der Waals surface area (Å²) in [5.41, 5.74) is 21.7. The van der Waals surface area contributed by atoms with Gasteiger partial charge in [-0.25, -0.2) is 0 Å². The van der Waals surface area contributed by atoms with Crippen molar-refractivity contribution in [3.05, 3.63) is 291 Å². The smallest absolute Gasteiger partial charge is 0.178 e. The molecule has 21 aromatic rings. The van der Waals surface area contributed by atoms with Gasteiger partial charge in [-0.05, 0) is 131 Å². The second-order valence-corrected chi connectivity index (χ2v) is 28.7. The van der Waals surface area contributed by atoms with Crippen LogP contribution in [0.3, 0.4) is 0 Å². The number of benzene rings is 18. The summed E-state index contributed by atoms with van der Waals surface area (Å²) < 4.78 is 61.4. The number of hydrogen-bond acceptors (Lipinski definition) is 9. The van der Waals surface area contributed by atoms with Crippen LogP contribution in [0, 0.1) is 0 Å². The van der Waals surface area contributed by atoms with Crippen molar-refractivity contribution in [2.24, 2.45) is 0 Å². The lowest BCUT2D eigenvalue weighted by molar-refractivity contribution is 0.406. The van der Waals surface area contributed by atoms with Crippen molar-refractivity contribution in [3.8, 4) is 135 Å². The first-order valence-electron chi connectivity index (χ1n) is 37.3. The molecule has 0 saturated carbocycles. The van der Waals surface area contributed by atoms with E-state index in [1.807, 2.05) is 0 Å². The van der Waals surface area contributed by atoms with Gasteiger partial charge in [0.25, 0.3) is 0 Å². The van der Waals surface area contributed by atoms with Gasteiger partial charge in [0.15, 0.2) is 68.0 Å². The summed E-state index contributed by atoms with van der Waals surface area (Å²) in [6.07, 6.45) is 0. The van der Waals surface area contributed by atoms with E-state index in [0.29, 0.717) is 68.0 Å². The standard InChI is InChI=1S/C102H66O9/c1-103-91-79-61-43-31-55(32-44-61)56-33-47-63(48-34-56)81-69-21-9-15-27-75(69)87-88-76-28-16-11-23-71(76)83(95(107-5)100(88)110-99(87)93(81)105-3)65-51-39-59(40-52-65)60-41-53-66(54-42-60)84-72-24-12-18-30-78(72)90-89-77-29-17-10-22-70(77)82(94(106-4)101(89)111-102(90)96(84)108-6)64-49-37-58(38-50-64)57-35-45-62(46-36-57)80-68-20-8-14-26-74(68)86-85(73-25-13-7-19-67(73)79)97(91)109-98(86)92(80)104-2/h7-54H,1-6H3. The molecule has 0 N–H and O–H groups in total. The molecule has 9 nitrogen and oxygen atoms in total. The van der Waals surface area contributed by atoms with E-state index in [1.165, 1.54) is 0 Å². The van der Waals surface area contributed by atoms with Gasteiger partial charge in [-0.3, -0.25) is 0 Å². The minimum atomic E-state index is 0.640. The Bertz CT molecular complexity index is 6360. The molecule has 0 atom stereocenters. The van der Waals surface area contributed by atoms with Gasteiger partial charge >= 0.3 is 0 Å². The molecule has 10 heterocycles. The Morgan fingerprint density at radius 1 is 0.144 bits per heavy atom. The van der Waals surface area contributed by atoms with Gasteiger partial charge in [-0.1, -0.05) is 291 Å². The molecule has 0 radical (unpaired) electrons. The van der Waals surface area contributed by atoms with E-state index in [0.717, 1.165) is 197 Å². The van der Waals surface area contributed by atoms with Crippen LogP contribution in [0.1, 0.15) is 0 Å². The molecule has 9 heteroatoms. The van der Waals surface area contributed by atoms with Crippen molar-refractivity contribution in [1.82, 2.24) is 0 Å². The highest BCUT2D eigenvalue weighted by molar-refractivity contribution is 6.36. The summed E-state index contributed by atoms with van der Waals surface area (Å²) in [5, 5.41) is 18.2. The van der Waals surface area contributed by atoms with E-state index in [-0.39, 0.29) is 0 Å². The van der Waals surface area contributed by atoms with Crippen molar-refractivity contribution in [1.29, 1.82) is 0 Å². The molecule has 24 bridgehead atoms. The van der Waals surface area contributed by atoms with Gasteiger partial charge in [-0.2, -0.15) is 0 Å². The number of ether oxygens (including phenoxy) is 6. The lowest BCUT2D eigenvalue weighted by Gasteiger charge is -2.16. The first-order chi connectivity index (χ1) is 54.8. The Labute approximate surface area is 636 Å². The molecule has 0 saturated heterocycles. The first-order valence-corrected chi connectivity index (χ1v) is 37.3. The van der Waals surface area contributed by atoms with E-state index >= 15 is 0 Å². The van der Waals surface area contributed by atoms with E-state index in [1.54, 1.807) is 42.7 Å². The van der Waals surface area contributed by atoms with Crippen molar-refractivity contribution >= 4 is 130 Å². The number of furan rings is 3. The fraction of sp³-hybridized carbons (Fsp3) is 0.0588. The Morgan fingerprint density at radius 2 is 0.261 bits per heavy atom. The van der Waals surface area contributed by atoms with Crippen molar-refractivity contribution in [2.45, 2.75) is 0 Å². The van der Waals surface area contributed by atoms with Crippen LogP contribution < -0.4 is 28.4 Å². The highest BCUT2D eigenvalue weighted by Crippen LogP contribution is 2.58. The van der Waals surface area contributed by atoms with E-state index < -0.39 is 0 Å². The second kappa shape index (κ2) is 24.6.